The Labute approximate surface area is 160 Å². The largest absolute Gasteiger partial charge is 0.496 e. The fourth-order valence-electron chi connectivity index (χ4n) is 3.08. The molecule has 1 aliphatic heterocycles. The standard InChI is InChI=1S/C21H15ClN2O3/c1-27-19-11-6-13-4-2-3-5-16(13)17(19)12-18-20(25)23-24(21(18)26)15-9-7-14(22)8-10-15/h2-12H,1H3,(H,23,25)/b18-12-. The van der Waals surface area contributed by atoms with Gasteiger partial charge in [0.25, 0.3) is 11.8 Å². The number of carbonyl (C=O) groups is 2. The Bertz CT molecular complexity index is 1090. The molecule has 1 fully saturated rings. The van der Waals surface area contributed by atoms with Gasteiger partial charge in [-0.1, -0.05) is 41.9 Å². The number of hydrogen-bond donors (Lipinski definition) is 1. The number of hydrazine groups is 1. The molecule has 1 saturated heterocycles. The molecule has 0 aromatic heterocycles. The van der Waals surface area contributed by atoms with Gasteiger partial charge in [0.2, 0.25) is 0 Å². The van der Waals surface area contributed by atoms with Crippen LogP contribution in [0.25, 0.3) is 16.8 Å². The maximum Gasteiger partial charge on any atom is 0.282 e. The number of nitrogens with one attached hydrogen (secondary N) is 1. The molecule has 0 spiro atoms. The third-order valence-corrected chi connectivity index (χ3v) is 4.67. The van der Waals surface area contributed by atoms with E-state index in [1.807, 2.05) is 36.4 Å². The van der Waals surface area contributed by atoms with Crippen LogP contribution in [0.5, 0.6) is 5.75 Å². The van der Waals surface area contributed by atoms with Crippen molar-refractivity contribution in [2.24, 2.45) is 0 Å². The minimum Gasteiger partial charge on any atom is -0.496 e. The predicted octanol–water partition coefficient (Wildman–Crippen LogP) is 3.96. The van der Waals surface area contributed by atoms with E-state index in [2.05, 4.69) is 5.43 Å². The third kappa shape index (κ3) is 3.02. The Kier molecular flexibility index (Phi) is 4.30. The van der Waals surface area contributed by atoms with Crippen LogP contribution in [0.15, 0.2) is 66.2 Å². The summed E-state index contributed by atoms with van der Waals surface area (Å²) < 4.78 is 5.44. The lowest BCUT2D eigenvalue weighted by atomic mass is 10.0. The Morgan fingerprint density at radius 2 is 1.74 bits per heavy atom. The fraction of sp³-hybridized carbons (Fsp3) is 0.0476. The van der Waals surface area contributed by atoms with Gasteiger partial charge in [0.15, 0.2) is 0 Å². The van der Waals surface area contributed by atoms with E-state index in [4.69, 9.17) is 16.3 Å². The van der Waals surface area contributed by atoms with Crippen molar-refractivity contribution in [3.05, 3.63) is 76.8 Å². The van der Waals surface area contributed by atoms with Crippen molar-refractivity contribution in [3.63, 3.8) is 0 Å². The molecular formula is C21H15ClN2O3. The first kappa shape index (κ1) is 17.1. The van der Waals surface area contributed by atoms with Crippen LogP contribution in [0, 0.1) is 0 Å². The third-order valence-electron chi connectivity index (χ3n) is 4.42. The van der Waals surface area contributed by atoms with Crippen molar-refractivity contribution in [1.29, 1.82) is 0 Å². The molecule has 4 rings (SSSR count). The van der Waals surface area contributed by atoms with Gasteiger partial charge in [0.05, 0.1) is 12.8 Å². The number of fused-ring (bicyclic) bond motifs is 1. The first-order valence-electron chi connectivity index (χ1n) is 8.27. The molecule has 0 radical (unpaired) electrons. The van der Waals surface area contributed by atoms with E-state index in [0.29, 0.717) is 22.0 Å². The van der Waals surface area contributed by atoms with Crippen LogP contribution in [-0.4, -0.2) is 18.9 Å². The number of rotatable bonds is 3. The molecule has 2 amide bonds. The molecular weight excluding hydrogens is 364 g/mol. The molecule has 27 heavy (non-hydrogen) atoms. The Morgan fingerprint density at radius 3 is 2.48 bits per heavy atom. The van der Waals surface area contributed by atoms with E-state index in [9.17, 15) is 9.59 Å². The van der Waals surface area contributed by atoms with E-state index in [0.717, 1.165) is 10.8 Å². The van der Waals surface area contributed by atoms with Gasteiger partial charge < -0.3 is 4.74 Å². The number of amides is 2. The summed E-state index contributed by atoms with van der Waals surface area (Å²) in [5.74, 6) is -0.311. The molecule has 0 aliphatic carbocycles. The van der Waals surface area contributed by atoms with Crippen LogP contribution in [0.2, 0.25) is 5.02 Å². The van der Waals surface area contributed by atoms with Crippen molar-refractivity contribution in [1.82, 2.24) is 5.43 Å². The highest BCUT2D eigenvalue weighted by molar-refractivity contribution is 6.32. The van der Waals surface area contributed by atoms with Crippen molar-refractivity contribution < 1.29 is 14.3 Å². The van der Waals surface area contributed by atoms with E-state index >= 15 is 0 Å². The van der Waals surface area contributed by atoms with Crippen molar-refractivity contribution in [2.45, 2.75) is 0 Å². The Balaban J connectivity index is 1.80. The topological polar surface area (TPSA) is 58.6 Å². The van der Waals surface area contributed by atoms with Gasteiger partial charge in [0, 0.05) is 10.6 Å². The second-order valence-corrected chi connectivity index (χ2v) is 6.45. The average molecular weight is 379 g/mol. The molecule has 0 unspecified atom stereocenters. The molecule has 1 N–H and O–H groups in total. The number of nitrogens with zero attached hydrogens (tertiary/aromatic N) is 1. The maximum atomic E-state index is 12.8. The lowest BCUT2D eigenvalue weighted by molar-refractivity contribution is -0.117. The van der Waals surface area contributed by atoms with Crippen LogP contribution in [0.4, 0.5) is 5.69 Å². The normalized spacial score (nSPS) is 15.5. The lowest BCUT2D eigenvalue weighted by Crippen LogP contribution is -2.35. The number of anilines is 1. The molecule has 3 aromatic rings. The number of hydrogen-bond acceptors (Lipinski definition) is 3. The van der Waals surface area contributed by atoms with E-state index in [-0.39, 0.29) is 5.57 Å². The van der Waals surface area contributed by atoms with Gasteiger partial charge in [-0.2, -0.15) is 0 Å². The summed E-state index contributed by atoms with van der Waals surface area (Å²) in [5.41, 5.74) is 3.85. The highest BCUT2D eigenvalue weighted by atomic mass is 35.5. The van der Waals surface area contributed by atoms with Gasteiger partial charge in [-0.3, -0.25) is 15.0 Å². The minimum absolute atomic E-state index is 0.0413. The molecule has 1 heterocycles. The highest BCUT2D eigenvalue weighted by Crippen LogP contribution is 2.31. The zero-order valence-corrected chi connectivity index (χ0v) is 15.2. The lowest BCUT2D eigenvalue weighted by Gasteiger charge is -2.14. The van der Waals surface area contributed by atoms with Crippen LogP contribution >= 0.6 is 11.6 Å². The zero-order chi connectivity index (χ0) is 19.0. The van der Waals surface area contributed by atoms with Gasteiger partial charge >= 0.3 is 0 Å². The van der Waals surface area contributed by atoms with E-state index in [1.54, 1.807) is 37.5 Å². The number of benzene rings is 3. The molecule has 134 valence electrons. The number of halogens is 1. The summed E-state index contributed by atoms with van der Waals surface area (Å²) in [5, 5.41) is 3.65. The first-order chi connectivity index (χ1) is 13.1. The van der Waals surface area contributed by atoms with Gasteiger partial charge in [-0.05, 0) is 47.2 Å². The molecule has 0 saturated carbocycles. The summed E-state index contributed by atoms with van der Waals surface area (Å²) in [6.07, 6.45) is 1.58. The van der Waals surface area contributed by atoms with Crippen molar-refractivity contribution in [3.8, 4) is 5.75 Å². The fourth-order valence-corrected chi connectivity index (χ4v) is 3.20. The first-order valence-corrected chi connectivity index (χ1v) is 8.65. The maximum absolute atomic E-state index is 12.8. The summed E-state index contributed by atoms with van der Waals surface area (Å²) >= 11 is 5.89. The highest BCUT2D eigenvalue weighted by Gasteiger charge is 2.34. The monoisotopic (exact) mass is 378 g/mol. The Hall–Kier alpha value is -3.31. The minimum atomic E-state index is -0.468. The van der Waals surface area contributed by atoms with Crippen LogP contribution in [0.3, 0.4) is 0 Å². The van der Waals surface area contributed by atoms with Crippen LogP contribution in [0.1, 0.15) is 5.56 Å². The van der Waals surface area contributed by atoms with Crippen LogP contribution in [-0.2, 0) is 9.59 Å². The Morgan fingerprint density at radius 1 is 1.00 bits per heavy atom. The molecule has 0 bridgehead atoms. The van der Waals surface area contributed by atoms with Gasteiger partial charge in [-0.15, -0.1) is 0 Å². The SMILES string of the molecule is COc1ccc2ccccc2c1/C=C1/C(=O)NN(c2ccc(Cl)cc2)C1=O. The van der Waals surface area contributed by atoms with E-state index in [1.165, 1.54) is 5.01 Å². The second kappa shape index (κ2) is 6.78. The van der Waals surface area contributed by atoms with E-state index < -0.39 is 11.8 Å². The molecule has 3 aromatic carbocycles. The van der Waals surface area contributed by atoms with Gasteiger partial charge in [0.1, 0.15) is 11.3 Å². The number of methoxy groups -OCH3 is 1. The summed E-state index contributed by atoms with van der Waals surface area (Å²) in [7, 11) is 1.56. The molecule has 6 heteroatoms. The summed E-state index contributed by atoms with van der Waals surface area (Å²) in [4.78, 5) is 25.3. The number of carbonyl (C=O) groups excluding carboxylic acids is 2. The summed E-state index contributed by atoms with van der Waals surface area (Å²) in [6.45, 7) is 0. The quantitative estimate of drug-likeness (QED) is 0.554. The molecule has 1 aliphatic rings. The molecule has 0 atom stereocenters. The van der Waals surface area contributed by atoms with Gasteiger partial charge in [-0.25, -0.2) is 5.01 Å². The second-order valence-electron chi connectivity index (χ2n) is 6.02. The predicted molar refractivity (Wildman–Crippen MR) is 106 cm³/mol. The van der Waals surface area contributed by atoms with Crippen LogP contribution < -0.4 is 15.2 Å². The van der Waals surface area contributed by atoms with Crippen molar-refractivity contribution in [2.75, 3.05) is 12.1 Å². The zero-order valence-electron chi connectivity index (χ0n) is 14.4. The number of ether oxygens (including phenoxy) is 1. The smallest absolute Gasteiger partial charge is 0.282 e. The summed E-state index contributed by atoms with van der Waals surface area (Å²) in [6, 6.07) is 18.1. The molecule has 5 nitrogen and oxygen atoms in total. The average Bonchev–Trinajstić information content (AvgIpc) is 2.97. The van der Waals surface area contributed by atoms with Crippen molar-refractivity contribution >= 4 is 46.0 Å².